The van der Waals surface area contributed by atoms with Crippen LogP contribution < -0.4 is 10.6 Å². The van der Waals surface area contributed by atoms with E-state index in [0.717, 1.165) is 12.1 Å². The molecule has 2 saturated carbocycles. The zero-order valence-electron chi connectivity index (χ0n) is 22.8. The van der Waals surface area contributed by atoms with Gasteiger partial charge in [-0.05, 0) is 62.2 Å². The van der Waals surface area contributed by atoms with E-state index in [-0.39, 0.29) is 29.5 Å². The molecule has 41 heavy (non-hydrogen) atoms. The van der Waals surface area contributed by atoms with Gasteiger partial charge in [0.15, 0.2) is 46.3 Å². The summed E-state index contributed by atoms with van der Waals surface area (Å²) in [6.45, 7) is 0. The molecule has 4 N–H and O–H groups in total. The molecule has 6 atom stereocenters. The number of rotatable bonds is 4. The number of nitrogens with zero attached hydrogens (tertiary/aromatic N) is 2. The van der Waals surface area contributed by atoms with Gasteiger partial charge in [-0.3, -0.25) is 28.9 Å². The largest absolute Gasteiger partial charge is 0.507 e. The van der Waals surface area contributed by atoms with Gasteiger partial charge >= 0.3 is 0 Å². The molecule has 2 aromatic rings. The van der Waals surface area contributed by atoms with E-state index in [2.05, 4.69) is 0 Å². The number of benzene rings is 2. The van der Waals surface area contributed by atoms with E-state index >= 15 is 0 Å². The molecule has 10 nitrogen and oxygen atoms in total. The SMILES string of the molecule is CN(C)c1cc(-c2ccc(F)c(F)c2)c(O)c2c1C[C@@H]1C[C@@H]3[C@@H](N(C)C)C(=O)C(C(N)=O)C(=O)[C@]3(O)C(=O)C1C2=O. The summed E-state index contributed by atoms with van der Waals surface area (Å²) in [5, 5.41) is 23.0. The molecule has 0 spiro atoms. The maximum atomic E-state index is 14.1. The third kappa shape index (κ3) is 3.91. The molecule has 2 fully saturated rings. The minimum absolute atomic E-state index is 0.0128. The number of nitrogens with two attached hydrogens (primary N) is 1. The van der Waals surface area contributed by atoms with Crippen LogP contribution in [0.15, 0.2) is 24.3 Å². The van der Waals surface area contributed by atoms with Crippen molar-refractivity contribution < 1.29 is 43.0 Å². The van der Waals surface area contributed by atoms with Gasteiger partial charge in [-0.25, -0.2) is 8.78 Å². The number of primary amides is 1. The van der Waals surface area contributed by atoms with Crippen molar-refractivity contribution in [3.8, 4) is 16.9 Å². The quantitative estimate of drug-likeness (QED) is 0.455. The second-order valence-corrected chi connectivity index (χ2v) is 11.5. The van der Waals surface area contributed by atoms with E-state index in [1.807, 2.05) is 0 Å². The van der Waals surface area contributed by atoms with Crippen LogP contribution >= 0.6 is 0 Å². The molecule has 0 bridgehead atoms. The maximum Gasteiger partial charge on any atom is 0.235 e. The Kier molecular flexibility index (Phi) is 6.62. The summed E-state index contributed by atoms with van der Waals surface area (Å²) in [6.07, 6.45) is -0.00653. The summed E-state index contributed by atoms with van der Waals surface area (Å²) in [5.74, 6) is -14.0. The van der Waals surface area contributed by atoms with Crippen LogP contribution in [0.3, 0.4) is 0 Å². The van der Waals surface area contributed by atoms with Gasteiger partial charge in [0.1, 0.15) is 5.75 Å². The minimum atomic E-state index is -2.84. The van der Waals surface area contributed by atoms with Crippen LogP contribution in [0.5, 0.6) is 5.75 Å². The number of Topliss-reactive ketones (excluding diaryl/α,β-unsaturated/α-hetero) is 4. The van der Waals surface area contributed by atoms with E-state index in [1.165, 1.54) is 31.1 Å². The smallest absolute Gasteiger partial charge is 0.235 e. The molecule has 0 radical (unpaired) electrons. The molecule has 1 amide bonds. The number of phenols is 1. The number of hydrogen-bond donors (Lipinski definition) is 3. The molecule has 12 heteroatoms. The molecule has 2 aromatic carbocycles. The number of amides is 1. The average molecular weight is 570 g/mol. The number of aromatic hydroxyl groups is 1. The topological polar surface area (TPSA) is 158 Å². The number of likely N-dealkylation sites (N-methyl/N-ethyl adjacent to an activating group) is 1. The number of aliphatic hydroxyl groups is 1. The average Bonchev–Trinajstić information content (AvgIpc) is 2.87. The summed E-state index contributed by atoms with van der Waals surface area (Å²) >= 11 is 0. The first-order valence-electron chi connectivity index (χ1n) is 13.0. The highest BCUT2D eigenvalue weighted by Crippen LogP contribution is 2.53. The van der Waals surface area contributed by atoms with E-state index in [0.29, 0.717) is 11.3 Å². The van der Waals surface area contributed by atoms with Gasteiger partial charge in [-0.1, -0.05) is 6.07 Å². The van der Waals surface area contributed by atoms with Gasteiger partial charge < -0.3 is 20.8 Å². The third-order valence-corrected chi connectivity index (χ3v) is 8.75. The molecule has 5 rings (SSSR count). The first-order valence-corrected chi connectivity index (χ1v) is 13.0. The van der Waals surface area contributed by atoms with Gasteiger partial charge in [0.25, 0.3) is 0 Å². The highest BCUT2D eigenvalue weighted by atomic mass is 19.2. The summed E-state index contributed by atoms with van der Waals surface area (Å²) in [6, 6.07) is 3.31. The lowest BCUT2D eigenvalue weighted by Crippen LogP contribution is -2.74. The van der Waals surface area contributed by atoms with E-state index < -0.39 is 81.7 Å². The lowest BCUT2D eigenvalue weighted by atomic mass is 9.52. The monoisotopic (exact) mass is 569 g/mol. The van der Waals surface area contributed by atoms with E-state index in [4.69, 9.17) is 5.73 Å². The van der Waals surface area contributed by atoms with Gasteiger partial charge in [-0.15, -0.1) is 0 Å². The molecular formula is C29H29F2N3O7. The van der Waals surface area contributed by atoms with Crippen LogP contribution in [0.1, 0.15) is 22.3 Å². The van der Waals surface area contributed by atoms with Crippen LogP contribution in [-0.4, -0.2) is 84.0 Å². The summed E-state index contributed by atoms with van der Waals surface area (Å²) in [7, 11) is 6.40. The van der Waals surface area contributed by atoms with Crippen molar-refractivity contribution in [3.05, 3.63) is 47.0 Å². The number of halogens is 2. The molecule has 3 aliphatic carbocycles. The number of carbonyl (C=O) groups is 5. The molecule has 2 unspecified atom stereocenters. The first-order chi connectivity index (χ1) is 19.1. The fourth-order valence-corrected chi connectivity index (χ4v) is 6.93. The minimum Gasteiger partial charge on any atom is -0.507 e. The van der Waals surface area contributed by atoms with Crippen LogP contribution in [-0.2, 0) is 25.6 Å². The number of ketones is 4. The highest BCUT2D eigenvalue weighted by Gasteiger charge is 2.69. The van der Waals surface area contributed by atoms with Gasteiger partial charge in [0, 0.05) is 31.3 Å². The van der Waals surface area contributed by atoms with Crippen molar-refractivity contribution in [2.24, 2.45) is 29.4 Å². The maximum absolute atomic E-state index is 14.1. The molecule has 0 heterocycles. The zero-order valence-corrected chi connectivity index (χ0v) is 22.8. The predicted molar refractivity (Wildman–Crippen MR) is 141 cm³/mol. The Hall–Kier alpha value is -4.03. The van der Waals surface area contributed by atoms with Crippen molar-refractivity contribution >= 4 is 34.7 Å². The van der Waals surface area contributed by atoms with Crippen LogP contribution in [0.4, 0.5) is 14.5 Å². The van der Waals surface area contributed by atoms with Crippen LogP contribution in [0.25, 0.3) is 11.1 Å². The number of fused-ring (bicyclic) bond motifs is 3. The summed E-state index contributed by atoms with van der Waals surface area (Å²) in [5.41, 5.74) is 3.23. The Balaban J connectivity index is 1.69. The van der Waals surface area contributed by atoms with Crippen molar-refractivity contribution in [1.82, 2.24) is 4.90 Å². The van der Waals surface area contributed by atoms with Crippen molar-refractivity contribution in [1.29, 1.82) is 0 Å². The van der Waals surface area contributed by atoms with Gasteiger partial charge in [0.2, 0.25) is 5.91 Å². The third-order valence-electron chi connectivity index (χ3n) is 8.75. The normalized spacial score (nSPS) is 29.2. The second-order valence-electron chi connectivity index (χ2n) is 11.5. The number of anilines is 1. The van der Waals surface area contributed by atoms with Crippen molar-refractivity contribution in [3.63, 3.8) is 0 Å². The first kappa shape index (κ1) is 28.5. The van der Waals surface area contributed by atoms with Crippen LogP contribution in [0, 0.1) is 35.3 Å². The fraction of sp³-hybridized carbons (Fsp3) is 0.414. The Morgan fingerprint density at radius 3 is 2.24 bits per heavy atom. The van der Waals surface area contributed by atoms with Crippen LogP contribution in [0.2, 0.25) is 0 Å². The molecule has 3 aliphatic rings. The highest BCUT2D eigenvalue weighted by molar-refractivity contribution is 6.32. The predicted octanol–water partition coefficient (Wildman–Crippen LogP) is 0.878. The van der Waals surface area contributed by atoms with E-state index in [9.17, 15) is 43.0 Å². The Labute approximate surface area is 233 Å². The van der Waals surface area contributed by atoms with Crippen molar-refractivity contribution in [2.75, 3.05) is 33.1 Å². The number of hydrogen-bond acceptors (Lipinski definition) is 9. The van der Waals surface area contributed by atoms with Crippen molar-refractivity contribution in [2.45, 2.75) is 24.5 Å². The molecule has 0 saturated heterocycles. The summed E-state index contributed by atoms with van der Waals surface area (Å²) in [4.78, 5) is 69.9. The number of carbonyl (C=O) groups excluding carboxylic acids is 5. The van der Waals surface area contributed by atoms with E-state index in [1.54, 1.807) is 19.0 Å². The molecular weight excluding hydrogens is 540 g/mol. The zero-order chi connectivity index (χ0) is 30.3. The van der Waals surface area contributed by atoms with Gasteiger partial charge in [-0.2, -0.15) is 0 Å². The summed E-state index contributed by atoms with van der Waals surface area (Å²) < 4.78 is 27.7. The second kappa shape index (κ2) is 9.52. The molecule has 0 aliphatic heterocycles. The lowest BCUT2D eigenvalue weighted by molar-refractivity contribution is -0.181. The Bertz CT molecular complexity index is 1560. The standard InChI is InChI=1S/C29H29F2N3O7/c1-33(2)18-10-13(11-5-6-16(30)17(31)9-11)23(35)20-14(18)7-12-8-15-22(34(3)4)25(37)21(28(32)40)27(39)29(15,41)26(38)19(12)24(20)36/h5-6,9-10,12,15,19,21-22,35,41H,7-8H2,1-4H3,(H2,32,40)/t12-,15-,19?,21?,22-,29-/m1/s1. The number of phenolic OH excluding ortho intramolecular Hbond substituents is 1. The lowest BCUT2D eigenvalue weighted by Gasteiger charge is -2.52. The fourth-order valence-electron chi connectivity index (χ4n) is 6.93. The van der Waals surface area contributed by atoms with Gasteiger partial charge in [0.05, 0.1) is 17.5 Å². The molecule has 0 aromatic heterocycles. The Morgan fingerprint density at radius 1 is 1.02 bits per heavy atom. The Morgan fingerprint density at radius 2 is 1.68 bits per heavy atom. The molecule has 216 valence electrons.